The van der Waals surface area contributed by atoms with Gasteiger partial charge in [-0.15, -0.1) is 0 Å². The van der Waals surface area contributed by atoms with E-state index in [1.54, 1.807) is 19.1 Å². The van der Waals surface area contributed by atoms with Crippen LogP contribution in [0.3, 0.4) is 0 Å². The second-order valence-electron chi connectivity index (χ2n) is 8.39. The topological polar surface area (TPSA) is 72.2 Å². The summed E-state index contributed by atoms with van der Waals surface area (Å²) in [5, 5.41) is 14.8. The van der Waals surface area contributed by atoms with Gasteiger partial charge < -0.3 is 5.32 Å². The second-order valence-corrected chi connectivity index (χ2v) is 8.39. The Morgan fingerprint density at radius 2 is 1.88 bits per heavy atom. The minimum atomic E-state index is -0.347. The molecule has 5 nitrogen and oxygen atoms in total. The van der Waals surface area contributed by atoms with Crippen LogP contribution in [0.25, 0.3) is 5.70 Å². The normalized spacial score (nSPS) is 21.6. The van der Waals surface area contributed by atoms with Gasteiger partial charge in [-0.3, -0.25) is 14.9 Å². The van der Waals surface area contributed by atoms with Crippen molar-refractivity contribution in [3.63, 3.8) is 0 Å². The third-order valence-electron chi connectivity index (χ3n) is 5.56. The first kappa shape index (κ1) is 18.6. The van der Waals surface area contributed by atoms with E-state index < -0.39 is 0 Å². The van der Waals surface area contributed by atoms with Gasteiger partial charge in [0.1, 0.15) is 0 Å². The number of carbonyl (C=O) groups is 1. The van der Waals surface area contributed by atoms with Crippen LogP contribution >= 0.6 is 0 Å². The highest BCUT2D eigenvalue weighted by atomic mass is 16.6. The summed E-state index contributed by atoms with van der Waals surface area (Å²) in [5.74, 6) is 0.238. The van der Waals surface area contributed by atoms with Crippen molar-refractivity contribution in [3.8, 4) is 0 Å². The molecule has 0 unspecified atom stereocenters. The van der Waals surface area contributed by atoms with Crippen LogP contribution in [-0.4, -0.2) is 16.2 Å². The van der Waals surface area contributed by atoms with Crippen molar-refractivity contribution in [2.75, 3.05) is 0 Å². The molecule has 1 heterocycles. The molecule has 0 radical (unpaired) electrons. The molecule has 0 amide bonds. The number of nitrogens with zero attached hydrogens (tertiary/aromatic N) is 1. The van der Waals surface area contributed by atoms with E-state index >= 15 is 0 Å². The fraction of sp³-hybridized carbons (Fsp3) is 0.571. The van der Waals surface area contributed by atoms with Crippen LogP contribution in [0.4, 0.5) is 5.69 Å². The van der Waals surface area contributed by atoms with Crippen molar-refractivity contribution >= 4 is 17.2 Å². The van der Waals surface area contributed by atoms with Gasteiger partial charge in [0, 0.05) is 40.4 Å². The number of rotatable bonds is 3. The van der Waals surface area contributed by atoms with Crippen LogP contribution < -0.4 is 5.32 Å². The van der Waals surface area contributed by atoms with Gasteiger partial charge in [-0.25, -0.2) is 0 Å². The number of fused-ring (bicyclic) bond motifs is 1. The van der Waals surface area contributed by atoms with Crippen LogP contribution in [0, 0.1) is 23.0 Å². The van der Waals surface area contributed by atoms with E-state index in [-0.39, 0.29) is 27.9 Å². The largest absolute Gasteiger partial charge is 0.379 e. The number of nitro benzene ring substituents is 1. The molecule has 26 heavy (non-hydrogen) atoms. The fourth-order valence-electron chi connectivity index (χ4n) is 4.24. The molecule has 2 aliphatic rings. The Morgan fingerprint density at radius 3 is 2.50 bits per heavy atom. The number of hydrogen-bond acceptors (Lipinski definition) is 4. The maximum Gasteiger partial charge on any atom is 0.272 e. The molecule has 1 aliphatic carbocycles. The highest BCUT2D eigenvalue weighted by Gasteiger charge is 2.31. The first-order valence-corrected chi connectivity index (χ1v) is 9.59. The van der Waals surface area contributed by atoms with Crippen molar-refractivity contribution in [2.45, 2.75) is 71.3 Å². The Morgan fingerprint density at radius 1 is 1.23 bits per heavy atom. The number of carbonyl (C=O) groups excluding carboxylic acids is 1. The monoisotopic (exact) mass is 356 g/mol. The molecule has 0 saturated heterocycles. The number of hydrogen-bond donors (Lipinski definition) is 1. The van der Waals surface area contributed by atoms with E-state index in [9.17, 15) is 14.9 Å². The van der Waals surface area contributed by atoms with Gasteiger partial charge in [0.15, 0.2) is 5.78 Å². The predicted octanol–water partition coefficient (Wildman–Crippen LogP) is 4.71. The molecule has 1 aliphatic heterocycles. The zero-order valence-electron chi connectivity index (χ0n) is 15.9. The van der Waals surface area contributed by atoms with Gasteiger partial charge in [-0.2, -0.15) is 0 Å². The first-order valence-electron chi connectivity index (χ1n) is 9.59. The standard InChI is InChI=1S/C21H28N2O3/c1-14-10-16-13-21(2,3)22-18(17(16)11-19(14)23(25)26)12-20(24)15-8-6-4-5-7-9-15/h10-12,15,22H,4-9,13H2,1-3H3/b18-12+. The summed E-state index contributed by atoms with van der Waals surface area (Å²) in [7, 11) is 0. The maximum atomic E-state index is 12.9. The Labute approximate surface area is 155 Å². The molecular weight excluding hydrogens is 328 g/mol. The lowest BCUT2D eigenvalue weighted by Crippen LogP contribution is -2.44. The Balaban J connectivity index is 2.00. The van der Waals surface area contributed by atoms with E-state index in [4.69, 9.17) is 0 Å². The lowest BCUT2D eigenvalue weighted by molar-refractivity contribution is -0.385. The summed E-state index contributed by atoms with van der Waals surface area (Å²) < 4.78 is 0. The SMILES string of the molecule is Cc1cc2c(cc1[N+](=O)[O-])/C(=C\C(=O)C1CCCCCC1)NC(C)(C)C2. The smallest absolute Gasteiger partial charge is 0.272 e. The van der Waals surface area contributed by atoms with Crippen molar-refractivity contribution < 1.29 is 9.72 Å². The molecule has 1 fully saturated rings. The number of benzene rings is 1. The van der Waals surface area contributed by atoms with Gasteiger partial charge in [0.05, 0.1) is 4.92 Å². The average Bonchev–Trinajstić information content (AvgIpc) is 2.82. The highest BCUT2D eigenvalue weighted by molar-refractivity contribution is 5.98. The molecule has 140 valence electrons. The van der Waals surface area contributed by atoms with E-state index in [1.807, 2.05) is 6.07 Å². The molecule has 0 bridgehead atoms. The first-order chi connectivity index (χ1) is 12.3. The lowest BCUT2D eigenvalue weighted by Gasteiger charge is -2.36. The molecule has 5 heteroatoms. The number of allylic oxidation sites excluding steroid dienone is 1. The number of ketones is 1. The number of nitro groups is 1. The molecule has 1 aromatic carbocycles. The molecule has 3 rings (SSSR count). The lowest BCUT2D eigenvalue weighted by atomic mass is 9.83. The summed E-state index contributed by atoms with van der Waals surface area (Å²) in [5.41, 5.74) is 3.18. The number of nitrogens with one attached hydrogen (secondary N) is 1. The van der Waals surface area contributed by atoms with Crippen LogP contribution in [0.5, 0.6) is 0 Å². The van der Waals surface area contributed by atoms with Gasteiger partial charge >= 0.3 is 0 Å². The van der Waals surface area contributed by atoms with Gasteiger partial charge in [0.2, 0.25) is 0 Å². The van der Waals surface area contributed by atoms with Crippen molar-refractivity contribution in [2.24, 2.45) is 5.92 Å². The highest BCUT2D eigenvalue weighted by Crippen LogP contribution is 2.35. The van der Waals surface area contributed by atoms with Gasteiger partial charge in [-0.1, -0.05) is 25.7 Å². The molecule has 0 aromatic heterocycles. The summed E-state index contributed by atoms with van der Waals surface area (Å²) in [6.07, 6.45) is 9.02. The van der Waals surface area contributed by atoms with E-state index in [2.05, 4.69) is 19.2 Å². The minimum absolute atomic E-state index is 0.0840. The van der Waals surface area contributed by atoms with Crippen molar-refractivity contribution in [3.05, 3.63) is 45.0 Å². The minimum Gasteiger partial charge on any atom is -0.379 e. The summed E-state index contributed by atoms with van der Waals surface area (Å²) in [6.45, 7) is 5.96. The molecule has 0 spiro atoms. The van der Waals surface area contributed by atoms with E-state index in [0.29, 0.717) is 5.56 Å². The number of aryl methyl sites for hydroxylation is 1. The zero-order chi connectivity index (χ0) is 18.9. The van der Waals surface area contributed by atoms with Crippen LogP contribution in [0.1, 0.15) is 69.1 Å². The molecule has 1 aromatic rings. The Bertz CT molecular complexity index is 757. The second kappa shape index (κ2) is 7.22. The molecule has 1 saturated carbocycles. The van der Waals surface area contributed by atoms with Gasteiger partial charge in [0.25, 0.3) is 5.69 Å². The van der Waals surface area contributed by atoms with Crippen LogP contribution in [0.2, 0.25) is 0 Å². The summed E-state index contributed by atoms with van der Waals surface area (Å²) in [4.78, 5) is 23.9. The van der Waals surface area contributed by atoms with Crippen LogP contribution in [0.15, 0.2) is 18.2 Å². The third-order valence-corrected chi connectivity index (χ3v) is 5.56. The fourth-order valence-corrected chi connectivity index (χ4v) is 4.24. The molecule has 1 N–H and O–H groups in total. The van der Waals surface area contributed by atoms with E-state index in [0.717, 1.165) is 48.9 Å². The van der Waals surface area contributed by atoms with Crippen molar-refractivity contribution in [1.82, 2.24) is 5.32 Å². The Hall–Kier alpha value is -2.17. The zero-order valence-corrected chi connectivity index (χ0v) is 15.9. The average molecular weight is 356 g/mol. The Kier molecular flexibility index (Phi) is 5.17. The van der Waals surface area contributed by atoms with Crippen LogP contribution in [-0.2, 0) is 11.2 Å². The van der Waals surface area contributed by atoms with E-state index in [1.165, 1.54) is 12.8 Å². The molecule has 0 atom stereocenters. The van der Waals surface area contributed by atoms with Gasteiger partial charge in [-0.05, 0) is 51.7 Å². The molecular formula is C21H28N2O3. The van der Waals surface area contributed by atoms with Crippen molar-refractivity contribution in [1.29, 1.82) is 0 Å². The maximum absolute atomic E-state index is 12.9. The quantitative estimate of drug-likeness (QED) is 0.368. The summed E-state index contributed by atoms with van der Waals surface area (Å²) >= 11 is 0. The summed E-state index contributed by atoms with van der Waals surface area (Å²) in [6, 6.07) is 3.53. The predicted molar refractivity (Wildman–Crippen MR) is 103 cm³/mol. The third kappa shape index (κ3) is 3.97.